The zero-order chi connectivity index (χ0) is 10.7. The van der Waals surface area contributed by atoms with Gasteiger partial charge in [0.05, 0.1) is 0 Å². The lowest BCUT2D eigenvalue weighted by atomic mass is 9.58. The number of carbonyl (C=O) groups is 1. The molecule has 1 unspecified atom stereocenters. The Balaban J connectivity index is 1.89. The Kier molecular flexibility index (Phi) is 4.24. The van der Waals surface area contributed by atoms with Crippen LogP contribution in [0.25, 0.3) is 0 Å². The number of fused-ring (bicyclic) bond motifs is 1. The molecule has 2 rings (SSSR count). The smallest absolute Gasteiger partial charge is 0.139 e. The molecule has 0 radical (unpaired) electrons. The van der Waals surface area contributed by atoms with Gasteiger partial charge in [0.15, 0.2) is 0 Å². The molecule has 3 atom stereocenters. The van der Waals surface area contributed by atoms with Crippen LogP contribution in [0.4, 0.5) is 0 Å². The van der Waals surface area contributed by atoms with Gasteiger partial charge in [-0.25, -0.2) is 0 Å². The van der Waals surface area contributed by atoms with Crippen LogP contribution in [0, 0.1) is 17.8 Å². The molecule has 86 valence electrons. The minimum Gasteiger partial charge on any atom is -0.299 e. The van der Waals surface area contributed by atoms with Crippen LogP contribution in [-0.2, 0) is 4.79 Å². The highest BCUT2D eigenvalue weighted by Gasteiger charge is 2.47. The van der Waals surface area contributed by atoms with Crippen molar-refractivity contribution in [1.82, 2.24) is 0 Å². The Bertz CT molecular complexity index is 227. The molecule has 0 amide bonds. The molecule has 0 spiro atoms. The Hall–Kier alpha value is 0.150. The van der Waals surface area contributed by atoms with Crippen LogP contribution >= 0.6 is 15.9 Å². The summed E-state index contributed by atoms with van der Waals surface area (Å²) in [5.74, 6) is 2.26. The second-order valence-electron chi connectivity index (χ2n) is 5.10. The molecule has 0 aliphatic heterocycles. The molecule has 0 aromatic rings. The van der Waals surface area contributed by atoms with Crippen molar-refractivity contribution in [3.8, 4) is 0 Å². The predicted octanol–water partition coefficient (Wildman–Crippen LogP) is 3.95. The summed E-state index contributed by atoms with van der Waals surface area (Å²) in [6.45, 7) is 0. The molecule has 0 aromatic heterocycles. The Morgan fingerprint density at radius 1 is 1.13 bits per heavy atom. The third kappa shape index (κ3) is 2.46. The number of halogens is 1. The topological polar surface area (TPSA) is 17.1 Å². The Morgan fingerprint density at radius 2 is 1.87 bits per heavy atom. The fourth-order valence-corrected chi connectivity index (χ4v) is 3.69. The number of ketones is 1. The van der Waals surface area contributed by atoms with Gasteiger partial charge in [-0.05, 0) is 31.6 Å². The molecule has 15 heavy (non-hydrogen) atoms. The maximum absolute atomic E-state index is 12.0. The normalized spacial score (nSPS) is 36.3. The molecule has 0 bridgehead atoms. The van der Waals surface area contributed by atoms with Gasteiger partial charge in [-0.1, -0.05) is 41.6 Å². The van der Waals surface area contributed by atoms with Crippen molar-refractivity contribution in [3.05, 3.63) is 0 Å². The third-order valence-corrected chi connectivity index (χ3v) is 4.78. The van der Waals surface area contributed by atoms with Crippen LogP contribution in [-0.4, -0.2) is 11.1 Å². The van der Waals surface area contributed by atoms with Crippen molar-refractivity contribution in [2.75, 3.05) is 5.33 Å². The zero-order valence-corrected chi connectivity index (χ0v) is 11.0. The van der Waals surface area contributed by atoms with Gasteiger partial charge in [-0.15, -0.1) is 0 Å². The SMILES string of the molecule is O=C1C(CCCBr)[C@H]2CCCCCC[C@@H]12. The van der Waals surface area contributed by atoms with Crippen LogP contribution in [0.1, 0.15) is 51.4 Å². The third-order valence-electron chi connectivity index (χ3n) is 4.22. The van der Waals surface area contributed by atoms with E-state index in [9.17, 15) is 4.79 Å². The lowest BCUT2D eigenvalue weighted by Crippen LogP contribution is -2.47. The van der Waals surface area contributed by atoms with Gasteiger partial charge in [-0.2, -0.15) is 0 Å². The maximum Gasteiger partial charge on any atom is 0.139 e. The number of alkyl halides is 1. The fourth-order valence-electron chi connectivity index (χ4n) is 3.37. The first-order chi connectivity index (χ1) is 7.34. The largest absolute Gasteiger partial charge is 0.299 e. The van der Waals surface area contributed by atoms with Crippen LogP contribution < -0.4 is 0 Å². The highest BCUT2D eigenvalue weighted by molar-refractivity contribution is 9.09. The van der Waals surface area contributed by atoms with Crippen molar-refractivity contribution in [2.24, 2.45) is 17.8 Å². The van der Waals surface area contributed by atoms with Crippen LogP contribution in [0.3, 0.4) is 0 Å². The summed E-state index contributed by atoms with van der Waals surface area (Å²) in [6, 6.07) is 0. The van der Waals surface area contributed by atoms with E-state index in [1.165, 1.54) is 44.9 Å². The summed E-state index contributed by atoms with van der Waals surface area (Å²) in [4.78, 5) is 12.0. The van der Waals surface area contributed by atoms with Crippen molar-refractivity contribution in [2.45, 2.75) is 51.4 Å². The first-order valence-corrected chi connectivity index (χ1v) is 7.56. The van der Waals surface area contributed by atoms with Gasteiger partial charge >= 0.3 is 0 Å². The molecule has 0 saturated heterocycles. The van der Waals surface area contributed by atoms with Gasteiger partial charge in [0.25, 0.3) is 0 Å². The molecule has 0 aromatic carbocycles. The minimum absolute atomic E-state index is 0.436. The van der Waals surface area contributed by atoms with E-state index in [-0.39, 0.29) is 0 Å². The predicted molar refractivity (Wildman–Crippen MR) is 66.2 cm³/mol. The molecule has 2 heteroatoms. The molecule has 0 heterocycles. The molecule has 2 aliphatic carbocycles. The maximum atomic E-state index is 12.0. The van der Waals surface area contributed by atoms with Gasteiger partial charge < -0.3 is 0 Å². The number of carbonyl (C=O) groups excluding carboxylic acids is 1. The minimum atomic E-state index is 0.436. The van der Waals surface area contributed by atoms with Gasteiger partial charge in [0.2, 0.25) is 0 Å². The Morgan fingerprint density at radius 3 is 2.60 bits per heavy atom. The lowest BCUT2D eigenvalue weighted by molar-refractivity contribution is -0.145. The first kappa shape index (κ1) is 11.6. The van der Waals surface area contributed by atoms with Gasteiger partial charge in [0, 0.05) is 17.2 Å². The average molecular weight is 273 g/mol. The number of hydrogen-bond acceptors (Lipinski definition) is 1. The highest BCUT2D eigenvalue weighted by Crippen LogP contribution is 2.46. The number of hydrogen-bond donors (Lipinski definition) is 0. The summed E-state index contributed by atoms with van der Waals surface area (Å²) in [5.41, 5.74) is 0. The summed E-state index contributed by atoms with van der Waals surface area (Å²) < 4.78 is 0. The van der Waals surface area contributed by atoms with Crippen molar-refractivity contribution < 1.29 is 4.79 Å². The van der Waals surface area contributed by atoms with E-state index in [1.54, 1.807) is 0 Å². The van der Waals surface area contributed by atoms with E-state index in [1.807, 2.05) is 0 Å². The van der Waals surface area contributed by atoms with E-state index >= 15 is 0 Å². The van der Waals surface area contributed by atoms with Crippen molar-refractivity contribution >= 4 is 21.7 Å². The molecule has 0 N–H and O–H groups in total. The molecular formula is C13H21BrO. The number of rotatable bonds is 3. The second kappa shape index (κ2) is 5.47. The van der Waals surface area contributed by atoms with Crippen LogP contribution in [0.15, 0.2) is 0 Å². The van der Waals surface area contributed by atoms with E-state index in [4.69, 9.17) is 0 Å². The standard InChI is InChI=1S/C13H21BrO/c14-9-5-8-12-10-6-3-1-2-4-7-11(10)13(12)15/h10-12H,1-9H2/t10-,11+,12?/m0/s1. The Labute approximate surface area is 101 Å². The molecule has 2 aliphatic rings. The average Bonchev–Trinajstić information content (AvgIpc) is 2.21. The van der Waals surface area contributed by atoms with E-state index in [0.717, 1.165) is 17.7 Å². The monoisotopic (exact) mass is 272 g/mol. The fraction of sp³-hybridized carbons (Fsp3) is 0.923. The molecule has 1 nitrogen and oxygen atoms in total. The van der Waals surface area contributed by atoms with Crippen molar-refractivity contribution in [3.63, 3.8) is 0 Å². The van der Waals surface area contributed by atoms with E-state index in [2.05, 4.69) is 15.9 Å². The van der Waals surface area contributed by atoms with Gasteiger partial charge in [0.1, 0.15) is 5.78 Å². The zero-order valence-electron chi connectivity index (χ0n) is 9.38. The molecule has 2 fully saturated rings. The molecule has 2 saturated carbocycles. The van der Waals surface area contributed by atoms with E-state index in [0.29, 0.717) is 17.6 Å². The van der Waals surface area contributed by atoms with E-state index < -0.39 is 0 Å². The summed E-state index contributed by atoms with van der Waals surface area (Å²) in [5, 5.41) is 1.05. The quantitative estimate of drug-likeness (QED) is 0.712. The van der Waals surface area contributed by atoms with Gasteiger partial charge in [-0.3, -0.25) is 4.79 Å². The first-order valence-electron chi connectivity index (χ1n) is 6.44. The second-order valence-corrected chi connectivity index (χ2v) is 5.89. The summed E-state index contributed by atoms with van der Waals surface area (Å²) in [6.07, 6.45) is 10.2. The molecular weight excluding hydrogens is 252 g/mol. The lowest BCUT2D eigenvalue weighted by Gasteiger charge is -2.44. The number of Topliss-reactive ketones (excluding diaryl/α,β-unsaturated/α-hetero) is 1. The summed E-state index contributed by atoms with van der Waals surface area (Å²) in [7, 11) is 0. The summed E-state index contributed by atoms with van der Waals surface area (Å²) >= 11 is 3.46. The van der Waals surface area contributed by atoms with Crippen LogP contribution in [0.5, 0.6) is 0 Å². The van der Waals surface area contributed by atoms with Crippen LogP contribution in [0.2, 0.25) is 0 Å². The highest BCUT2D eigenvalue weighted by atomic mass is 79.9. The van der Waals surface area contributed by atoms with Crippen molar-refractivity contribution in [1.29, 1.82) is 0 Å².